The van der Waals surface area contributed by atoms with Crippen LogP contribution in [-0.4, -0.2) is 28.3 Å². The van der Waals surface area contributed by atoms with Crippen LogP contribution < -0.4 is 10.1 Å². The Labute approximate surface area is 161 Å². The molecule has 1 aromatic heterocycles. The number of nitrogens with zero attached hydrogens (tertiary/aromatic N) is 2. The van der Waals surface area contributed by atoms with Gasteiger partial charge in [0.05, 0.1) is 18.6 Å². The summed E-state index contributed by atoms with van der Waals surface area (Å²) < 4.78 is 7.37. The molecule has 0 radical (unpaired) electrons. The number of hydrogen-bond acceptors (Lipinski definition) is 4. The lowest BCUT2D eigenvalue weighted by Crippen LogP contribution is -2.14. The van der Waals surface area contributed by atoms with Gasteiger partial charge < -0.3 is 10.1 Å². The highest BCUT2D eigenvalue weighted by molar-refractivity contribution is 7.99. The molecule has 26 heavy (non-hydrogen) atoms. The highest BCUT2D eigenvalue weighted by Gasteiger charge is 2.13. The van der Waals surface area contributed by atoms with Crippen LogP contribution in [0.15, 0.2) is 60.0 Å². The topological polar surface area (TPSA) is 56.2 Å². The minimum Gasteiger partial charge on any atom is -0.495 e. The predicted molar refractivity (Wildman–Crippen MR) is 106 cm³/mol. The summed E-state index contributed by atoms with van der Waals surface area (Å²) in [4.78, 5) is 16.6. The van der Waals surface area contributed by atoms with Crippen LogP contribution in [-0.2, 0) is 4.79 Å². The van der Waals surface area contributed by atoms with Gasteiger partial charge in [0.2, 0.25) is 5.91 Å². The average Bonchev–Trinajstić information content (AvgIpc) is 3.08. The Morgan fingerprint density at radius 3 is 2.92 bits per heavy atom. The third-order valence-corrected chi connectivity index (χ3v) is 4.84. The number of aromatic nitrogens is 2. The molecule has 1 heterocycles. The van der Waals surface area contributed by atoms with Crippen LogP contribution in [0.5, 0.6) is 5.75 Å². The van der Waals surface area contributed by atoms with E-state index in [2.05, 4.69) is 10.3 Å². The summed E-state index contributed by atoms with van der Waals surface area (Å²) in [7, 11) is 1.64. The molecule has 3 rings (SSSR count). The fraction of sp³-hybridized carbons (Fsp3) is 0.158. The van der Waals surface area contributed by atoms with E-state index in [1.54, 1.807) is 37.6 Å². The smallest absolute Gasteiger partial charge is 0.234 e. The van der Waals surface area contributed by atoms with E-state index >= 15 is 0 Å². The number of amides is 1. The molecule has 7 heteroatoms. The number of benzene rings is 2. The zero-order valence-corrected chi connectivity index (χ0v) is 16.0. The monoisotopic (exact) mass is 387 g/mol. The standard InChI is InChI=1S/C19H18ClN3O2S/c1-13-6-7-17(25-2)16(10-13)23-9-8-21-19(23)26-12-18(24)22-15-5-3-4-14(20)11-15/h3-11H,12H2,1-2H3,(H,22,24). The Bertz CT molecular complexity index is 927. The summed E-state index contributed by atoms with van der Waals surface area (Å²) in [5.74, 6) is 0.861. The molecular formula is C19H18ClN3O2S. The van der Waals surface area contributed by atoms with Crippen LogP contribution in [0.3, 0.4) is 0 Å². The molecule has 1 amide bonds. The van der Waals surface area contributed by atoms with Crippen molar-refractivity contribution >= 4 is 35.0 Å². The highest BCUT2D eigenvalue weighted by atomic mass is 35.5. The van der Waals surface area contributed by atoms with E-state index in [0.717, 1.165) is 22.2 Å². The van der Waals surface area contributed by atoms with Gasteiger partial charge in [0.1, 0.15) is 5.75 Å². The predicted octanol–water partition coefficient (Wildman–Crippen LogP) is 4.57. The largest absolute Gasteiger partial charge is 0.495 e. The first-order valence-corrected chi connectivity index (χ1v) is 9.30. The molecule has 0 aliphatic heterocycles. The van der Waals surface area contributed by atoms with Crippen LogP contribution in [0.2, 0.25) is 5.02 Å². The summed E-state index contributed by atoms with van der Waals surface area (Å²) in [6.07, 6.45) is 3.56. The lowest BCUT2D eigenvalue weighted by molar-refractivity contribution is -0.113. The Morgan fingerprint density at radius 2 is 2.15 bits per heavy atom. The SMILES string of the molecule is COc1ccc(C)cc1-n1ccnc1SCC(=O)Nc1cccc(Cl)c1. The fourth-order valence-electron chi connectivity index (χ4n) is 2.46. The number of carbonyl (C=O) groups is 1. The number of rotatable bonds is 6. The van der Waals surface area contributed by atoms with E-state index in [4.69, 9.17) is 16.3 Å². The molecule has 134 valence electrons. The molecule has 0 saturated heterocycles. The first-order valence-electron chi connectivity index (χ1n) is 7.93. The van der Waals surface area contributed by atoms with Gasteiger partial charge in [-0.15, -0.1) is 0 Å². The minimum atomic E-state index is -0.122. The maximum Gasteiger partial charge on any atom is 0.234 e. The Kier molecular flexibility index (Phi) is 5.85. The minimum absolute atomic E-state index is 0.122. The van der Waals surface area contributed by atoms with Gasteiger partial charge >= 0.3 is 0 Å². The summed E-state index contributed by atoms with van der Waals surface area (Å²) in [6.45, 7) is 2.02. The molecule has 0 aliphatic carbocycles. The molecule has 0 unspecified atom stereocenters. The molecule has 5 nitrogen and oxygen atoms in total. The van der Waals surface area contributed by atoms with E-state index < -0.39 is 0 Å². The summed E-state index contributed by atoms with van der Waals surface area (Å²) in [5, 5.41) is 4.13. The second-order valence-corrected chi connectivity index (χ2v) is 6.98. The Hall–Kier alpha value is -2.44. The molecule has 2 aromatic carbocycles. The molecule has 0 atom stereocenters. The Morgan fingerprint density at radius 1 is 1.31 bits per heavy atom. The summed E-state index contributed by atoms with van der Waals surface area (Å²) in [5.41, 5.74) is 2.68. The van der Waals surface area contributed by atoms with Gasteiger partial charge in [-0.1, -0.05) is 35.5 Å². The first kappa shape index (κ1) is 18.4. The maximum atomic E-state index is 12.2. The number of aryl methyl sites for hydroxylation is 1. The van der Waals surface area contributed by atoms with Crippen LogP contribution in [0.4, 0.5) is 5.69 Å². The molecule has 0 spiro atoms. The van der Waals surface area contributed by atoms with Crippen molar-refractivity contribution in [3.63, 3.8) is 0 Å². The number of hydrogen-bond donors (Lipinski definition) is 1. The normalized spacial score (nSPS) is 10.6. The number of nitrogens with one attached hydrogen (secondary N) is 1. The maximum absolute atomic E-state index is 12.2. The number of imidazole rings is 1. The van der Waals surface area contributed by atoms with Crippen molar-refractivity contribution in [1.29, 1.82) is 0 Å². The van der Waals surface area contributed by atoms with E-state index in [1.165, 1.54) is 11.8 Å². The van der Waals surface area contributed by atoms with Gasteiger partial charge in [0, 0.05) is 23.1 Å². The lowest BCUT2D eigenvalue weighted by atomic mass is 10.2. The molecule has 0 fully saturated rings. The molecular weight excluding hydrogens is 370 g/mol. The van der Waals surface area contributed by atoms with E-state index in [0.29, 0.717) is 10.7 Å². The van der Waals surface area contributed by atoms with Crippen molar-refractivity contribution in [3.05, 3.63) is 65.4 Å². The number of ether oxygens (including phenoxy) is 1. The van der Waals surface area contributed by atoms with Gasteiger partial charge in [0.15, 0.2) is 5.16 Å². The second kappa shape index (κ2) is 8.29. The van der Waals surface area contributed by atoms with Crippen LogP contribution in [0.25, 0.3) is 5.69 Å². The van der Waals surface area contributed by atoms with E-state index in [-0.39, 0.29) is 11.7 Å². The molecule has 3 aromatic rings. The van der Waals surface area contributed by atoms with Crippen molar-refractivity contribution in [3.8, 4) is 11.4 Å². The summed E-state index contributed by atoms with van der Waals surface area (Å²) >= 11 is 7.29. The molecule has 1 N–H and O–H groups in total. The van der Waals surface area contributed by atoms with Crippen molar-refractivity contribution in [2.45, 2.75) is 12.1 Å². The van der Waals surface area contributed by atoms with E-state index in [9.17, 15) is 4.79 Å². The van der Waals surface area contributed by atoms with Gasteiger partial charge in [-0.2, -0.15) is 0 Å². The highest BCUT2D eigenvalue weighted by Crippen LogP contribution is 2.28. The van der Waals surface area contributed by atoms with E-state index in [1.807, 2.05) is 35.9 Å². The van der Waals surface area contributed by atoms with Gasteiger partial charge in [0.25, 0.3) is 0 Å². The quantitative estimate of drug-likeness (QED) is 0.629. The molecule has 0 bridgehead atoms. The van der Waals surface area contributed by atoms with Crippen LogP contribution in [0, 0.1) is 6.92 Å². The zero-order valence-electron chi connectivity index (χ0n) is 14.4. The average molecular weight is 388 g/mol. The lowest BCUT2D eigenvalue weighted by Gasteiger charge is -2.12. The van der Waals surface area contributed by atoms with Gasteiger partial charge in [-0.3, -0.25) is 9.36 Å². The third-order valence-electron chi connectivity index (χ3n) is 3.64. The third kappa shape index (κ3) is 4.39. The van der Waals surface area contributed by atoms with Gasteiger partial charge in [-0.25, -0.2) is 4.98 Å². The number of carbonyl (C=O) groups excluding carboxylic acids is 1. The van der Waals surface area contributed by atoms with Crippen molar-refractivity contribution in [2.75, 3.05) is 18.2 Å². The number of anilines is 1. The molecule has 0 saturated carbocycles. The van der Waals surface area contributed by atoms with Crippen LogP contribution in [0.1, 0.15) is 5.56 Å². The van der Waals surface area contributed by atoms with Crippen molar-refractivity contribution in [1.82, 2.24) is 9.55 Å². The first-order chi connectivity index (χ1) is 12.6. The summed E-state index contributed by atoms with van der Waals surface area (Å²) in [6, 6.07) is 13.0. The van der Waals surface area contributed by atoms with Crippen LogP contribution >= 0.6 is 23.4 Å². The number of methoxy groups -OCH3 is 1. The van der Waals surface area contributed by atoms with Crippen molar-refractivity contribution < 1.29 is 9.53 Å². The number of thioether (sulfide) groups is 1. The molecule has 0 aliphatic rings. The zero-order chi connectivity index (χ0) is 18.5. The second-order valence-electron chi connectivity index (χ2n) is 5.60. The van der Waals surface area contributed by atoms with Gasteiger partial charge in [-0.05, 0) is 42.8 Å². The van der Waals surface area contributed by atoms with Crippen molar-refractivity contribution in [2.24, 2.45) is 0 Å². The number of halogens is 1. The fourth-order valence-corrected chi connectivity index (χ4v) is 3.42. The Balaban J connectivity index is 1.72.